The average molecular weight is 396 g/mol. The van der Waals surface area contributed by atoms with E-state index in [0.717, 1.165) is 12.0 Å². The Kier molecular flexibility index (Phi) is 5.75. The number of hydrogen-bond acceptors (Lipinski definition) is 5. The third kappa shape index (κ3) is 3.75. The van der Waals surface area contributed by atoms with Crippen LogP contribution in [0.1, 0.15) is 18.1 Å². The van der Waals surface area contributed by atoms with Crippen molar-refractivity contribution in [2.75, 3.05) is 19.1 Å². The molecule has 28 heavy (non-hydrogen) atoms. The first-order valence-corrected chi connectivity index (χ1v) is 9.11. The molecule has 0 saturated carbocycles. The molecule has 0 radical (unpaired) electrons. The number of nitrogens with one attached hydrogen (secondary N) is 1. The highest BCUT2D eigenvalue weighted by molar-refractivity contribution is 7.80. The molecule has 2 amide bonds. The Balaban J connectivity index is 1.98. The second kappa shape index (κ2) is 8.22. The van der Waals surface area contributed by atoms with Crippen LogP contribution in [0.4, 0.5) is 5.69 Å². The molecule has 0 atom stereocenters. The van der Waals surface area contributed by atoms with Crippen molar-refractivity contribution in [2.24, 2.45) is 0 Å². The molecule has 2 aromatic rings. The van der Waals surface area contributed by atoms with Gasteiger partial charge < -0.3 is 9.47 Å². The molecule has 144 valence electrons. The molecule has 1 heterocycles. The Morgan fingerprint density at radius 1 is 1.04 bits per heavy atom. The van der Waals surface area contributed by atoms with Crippen LogP contribution in [0.5, 0.6) is 11.5 Å². The van der Waals surface area contributed by atoms with Gasteiger partial charge in [0.25, 0.3) is 11.8 Å². The molecule has 7 heteroatoms. The zero-order chi connectivity index (χ0) is 20.3. The van der Waals surface area contributed by atoms with E-state index in [2.05, 4.69) is 12.2 Å². The predicted molar refractivity (Wildman–Crippen MR) is 112 cm³/mol. The van der Waals surface area contributed by atoms with E-state index in [9.17, 15) is 9.59 Å². The van der Waals surface area contributed by atoms with Crippen LogP contribution >= 0.6 is 12.2 Å². The Morgan fingerprint density at radius 3 is 2.32 bits per heavy atom. The van der Waals surface area contributed by atoms with Crippen LogP contribution in [0.15, 0.2) is 48.0 Å². The van der Waals surface area contributed by atoms with Gasteiger partial charge in [-0.2, -0.15) is 0 Å². The van der Waals surface area contributed by atoms with Gasteiger partial charge in [0.15, 0.2) is 16.6 Å². The Bertz CT molecular complexity index is 967. The van der Waals surface area contributed by atoms with Crippen molar-refractivity contribution in [3.63, 3.8) is 0 Å². The van der Waals surface area contributed by atoms with E-state index in [4.69, 9.17) is 21.7 Å². The van der Waals surface area contributed by atoms with Crippen molar-refractivity contribution < 1.29 is 19.1 Å². The molecular weight excluding hydrogens is 376 g/mol. The molecule has 0 spiro atoms. The van der Waals surface area contributed by atoms with Crippen LogP contribution in [0, 0.1) is 0 Å². The summed E-state index contributed by atoms with van der Waals surface area (Å²) in [5.41, 5.74) is 2.36. The number of benzene rings is 2. The highest BCUT2D eigenvalue weighted by atomic mass is 32.1. The van der Waals surface area contributed by atoms with Crippen LogP contribution in [0.2, 0.25) is 0 Å². The summed E-state index contributed by atoms with van der Waals surface area (Å²) in [4.78, 5) is 26.8. The maximum absolute atomic E-state index is 13.0. The standard InChI is InChI=1S/C21H20N2O4S/c1-4-13-5-8-15(9-6-13)23-20(25)16(19(24)22-21(23)28)11-14-7-10-17(26-2)18(12-14)27-3/h5-12H,4H2,1-3H3,(H,22,24,28)/b16-11+. The van der Waals surface area contributed by atoms with Crippen LogP contribution in [0.25, 0.3) is 6.08 Å². The van der Waals surface area contributed by atoms with Gasteiger partial charge in [-0.3, -0.25) is 19.8 Å². The van der Waals surface area contributed by atoms with Crippen LogP contribution < -0.4 is 19.7 Å². The molecule has 1 aliphatic rings. The van der Waals surface area contributed by atoms with Crippen molar-refractivity contribution >= 4 is 40.9 Å². The lowest BCUT2D eigenvalue weighted by Crippen LogP contribution is -2.54. The van der Waals surface area contributed by atoms with Crippen LogP contribution in [-0.2, 0) is 16.0 Å². The van der Waals surface area contributed by atoms with E-state index in [1.807, 2.05) is 24.3 Å². The molecule has 1 aliphatic heterocycles. The van der Waals surface area contributed by atoms with Crippen LogP contribution in [-0.4, -0.2) is 31.1 Å². The summed E-state index contributed by atoms with van der Waals surface area (Å²) in [6.07, 6.45) is 2.40. The Hall–Kier alpha value is -3.19. The topological polar surface area (TPSA) is 67.9 Å². The zero-order valence-electron chi connectivity index (χ0n) is 15.8. The number of hydrogen-bond donors (Lipinski definition) is 1. The average Bonchev–Trinajstić information content (AvgIpc) is 2.71. The molecule has 3 rings (SSSR count). The van der Waals surface area contributed by atoms with Crippen molar-refractivity contribution in [3.8, 4) is 11.5 Å². The number of rotatable bonds is 5. The van der Waals surface area contributed by atoms with Crippen molar-refractivity contribution in [3.05, 3.63) is 59.2 Å². The summed E-state index contributed by atoms with van der Waals surface area (Å²) in [6.45, 7) is 2.05. The monoisotopic (exact) mass is 396 g/mol. The highest BCUT2D eigenvalue weighted by Gasteiger charge is 2.34. The minimum atomic E-state index is -0.536. The normalized spacial score (nSPS) is 15.6. The fourth-order valence-corrected chi connectivity index (χ4v) is 3.16. The van der Waals surface area contributed by atoms with Crippen molar-refractivity contribution in [2.45, 2.75) is 13.3 Å². The van der Waals surface area contributed by atoms with Gasteiger partial charge in [-0.15, -0.1) is 0 Å². The summed E-state index contributed by atoms with van der Waals surface area (Å²) < 4.78 is 10.5. The molecule has 0 aromatic heterocycles. The van der Waals surface area contributed by atoms with E-state index < -0.39 is 11.8 Å². The van der Waals surface area contributed by atoms with E-state index in [1.54, 1.807) is 18.2 Å². The molecule has 0 aliphatic carbocycles. The third-order valence-corrected chi connectivity index (χ3v) is 4.71. The van der Waals surface area contributed by atoms with Gasteiger partial charge in [-0.25, -0.2) is 0 Å². The van der Waals surface area contributed by atoms with Crippen molar-refractivity contribution in [1.82, 2.24) is 5.32 Å². The smallest absolute Gasteiger partial charge is 0.270 e. The van der Waals surface area contributed by atoms with Crippen LogP contribution in [0.3, 0.4) is 0 Å². The minimum absolute atomic E-state index is 0.0135. The van der Waals surface area contributed by atoms with Gasteiger partial charge in [0.05, 0.1) is 19.9 Å². The molecule has 2 aromatic carbocycles. The number of amides is 2. The van der Waals surface area contributed by atoms with E-state index in [1.165, 1.54) is 25.2 Å². The maximum atomic E-state index is 13.0. The fourth-order valence-electron chi connectivity index (χ4n) is 2.88. The second-order valence-corrected chi connectivity index (χ2v) is 6.48. The number of nitrogens with zero attached hydrogens (tertiary/aromatic N) is 1. The fraction of sp³-hybridized carbons (Fsp3) is 0.190. The van der Waals surface area contributed by atoms with Gasteiger partial charge in [-0.05, 0) is 60.1 Å². The quantitative estimate of drug-likeness (QED) is 0.478. The third-order valence-electron chi connectivity index (χ3n) is 4.42. The summed E-state index contributed by atoms with van der Waals surface area (Å²) in [5, 5.41) is 2.64. The molecule has 6 nitrogen and oxygen atoms in total. The number of aryl methyl sites for hydroxylation is 1. The van der Waals surface area contributed by atoms with Gasteiger partial charge >= 0.3 is 0 Å². The van der Waals surface area contributed by atoms with E-state index in [-0.39, 0.29) is 10.7 Å². The number of anilines is 1. The lowest BCUT2D eigenvalue weighted by atomic mass is 10.1. The van der Waals surface area contributed by atoms with Gasteiger partial charge in [-0.1, -0.05) is 25.1 Å². The summed E-state index contributed by atoms with van der Waals surface area (Å²) >= 11 is 5.22. The van der Waals surface area contributed by atoms with Gasteiger partial charge in [0.1, 0.15) is 5.57 Å². The number of carbonyl (C=O) groups is 2. The first-order chi connectivity index (χ1) is 13.5. The second-order valence-electron chi connectivity index (χ2n) is 6.09. The number of carbonyl (C=O) groups excluding carboxylic acids is 2. The summed E-state index contributed by atoms with van der Waals surface area (Å²) in [6, 6.07) is 12.6. The summed E-state index contributed by atoms with van der Waals surface area (Å²) in [7, 11) is 3.06. The molecule has 1 N–H and O–H groups in total. The number of ether oxygens (including phenoxy) is 2. The molecule has 1 fully saturated rings. The number of methoxy groups -OCH3 is 2. The first kappa shape index (κ1) is 19.6. The number of thiocarbonyl (C=S) groups is 1. The SMILES string of the molecule is CCc1ccc(N2C(=O)/C(=C/c3ccc(OC)c(OC)c3)C(=O)NC2=S)cc1. The zero-order valence-corrected chi connectivity index (χ0v) is 16.6. The van der Waals surface area contributed by atoms with Gasteiger partial charge in [0, 0.05) is 0 Å². The first-order valence-electron chi connectivity index (χ1n) is 8.71. The summed E-state index contributed by atoms with van der Waals surface area (Å²) in [5.74, 6) is 0.0462. The lowest BCUT2D eigenvalue weighted by Gasteiger charge is -2.29. The lowest BCUT2D eigenvalue weighted by molar-refractivity contribution is -0.122. The predicted octanol–water partition coefficient (Wildman–Crippen LogP) is 3.10. The largest absolute Gasteiger partial charge is 0.493 e. The molecule has 0 bridgehead atoms. The Morgan fingerprint density at radius 2 is 1.71 bits per heavy atom. The maximum Gasteiger partial charge on any atom is 0.270 e. The van der Waals surface area contributed by atoms with Crippen molar-refractivity contribution in [1.29, 1.82) is 0 Å². The van der Waals surface area contributed by atoms with E-state index >= 15 is 0 Å². The minimum Gasteiger partial charge on any atom is -0.493 e. The molecular formula is C21H20N2O4S. The highest BCUT2D eigenvalue weighted by Crippen LogP contribution is 2.29. The Labute approximate surface area is 168 Å². The van der Waals surface area contributed by atoms with E-state index in [0.29, 0.717) is 22.7 Å². The molecule has 0 unspecified atom stereocenters. The van der Waals surface area contributed by atoms with Gasteiger partial charge in [0.2, 0.25) is 0 Å². The molecule has 1 saturated heterocycles.